The third kappa shape index (κ3) is 1.95. The molecule has 3 rings (SSSR count). The van der Waals surface area contributed by atoms with Crippen LogP contribution in [-0.4, -0.2) is 11.4 Å². The minimum Gasteiger partial charge on any atom is -0.348 e. The summed E-state index contributed by atoms with van der Waals surface area (Å²) in [5, 5.41) is 6.43. The third-order valence-corrected chi connectivity index (χ3v) is 4.03. The summed E-state index contributed by atoms with van der Waals surface area (Å²) >= 11 is 0. The summed E-state index contributed by atoms with van der Waals surface area (Å²) in [6.45, 7) is 3.81. The van der Waals surface area contributed by atoms with E-state index in [2.05, 4.69) is 29.7 Å². The number of benzene rings is 1. The van der Waals surface area contributed by atoms with Gasteiger partial charge in [0, 0.05) is 24.2 Å². The Morgan fingerprint density at radius 1 is 1.41 bits per heavy atom. The molecule has 0 unspecified atom stereocenters. The highest BCUT2D eigenvalue weighted by atomic mass is 16.1. The van der Waals surface area contributed by atoms with E-state index in [1.54, 1.807) is 0 Å². The van der Waals surface area contributed by atoms with Crippen molar-refractivity contribution in [1.82, 2.24) is 10.6 Å². The second kappa shape index (κ2) is 3.84. The normalized spacial score (nSPS) is 20.6. The Morgan fingerprint density at radius 2 is 2.24 bits per heavy atom. The van der Waals surface area contributed by atoms with Crippen molar-refractivity contribution in [1.29, 1.82) is 0 Å². The van der Waals surface area contributed by atoms with Crippen molar-refractivity contribution in [3.8, 4) is 0 Å². The molecule has 0 atom stereocenters. The van der Waals surface area contributed by atoms with Crippen molar-refractivity contribution < 1.29 is 4.79 Å². The van der Waals surface area contributed by atoms with E-state index in [9.17, 15) is 4.79 Å². The van der Waals surface area contributed by atoms with Gasteiger partial charge in [-0.1, -0.05) is 12.1 Å². The fraction of sp³-hybridized carbons (Fsp3) is 0.500. The number of hydrogen-bond acceptors (Lipinski definition) is 2. The second-order valence-corrected chi connectivity index (χ2v) is 5.44. The van der Waals surface area contributed by atoms with Gasteiger partial charge < -0.3 is 10.6 Å². The first kappa shape index (κ1) is 10.8. The average Bonchev–Trinajstić information content (AvgIpc) is 2.66. The molecule has 3 nitrogen and oxygen atoms in total. The van der Waals surface area contributed by atoms with E-state index in [4.69, 9.17) is 0 Å². The van der Waals surface area contributed by atoms with Gasteiger partial charge in [0.15, 0.2) is 0 Å². The van der Waals surface area contributed by atoms with Crippen molar-refractivity contribution in [3.05, 3.63) is 34.9 Å². The lowest BCUT2D eigenvalue weighted by molar-refractivity contribution is 0.0965. The maximum absolute atomic E-state index is 11.6. The van der Waals surface area contributed by atoms with E-state index in [0.717, 1.165) is 17.7 Å². The van der Waals surface area contributed by atoms with Crippen LogP contribution in [0.2, 0.25) is 0 Å². The molecule has 0 bridgehead atoms. The molecule has 1 aromatic rings. The quantitative estimate of drug-likeness (QED) is 0.833. The maximum atomic E-state index is 11.6. The number of carbonyl (C=O) groups excluding carboxylic acids is 1. The summed E-state index contributed by atoms with van der Waals surface area (Å²) in [4.78, 5) is 11.6. The predicted molar refractivity (Wildman–Crippen MR) is 66.7 cm³/mol. The Balaban J connectivity index is 1.72. The topological polar surface area (TPSA) is 41.1 Å². The largest absolute Gasteiger partial charge is 0.348 e. The zero-order valence-corrected chi connectivity index (χ0v) is 10.2. The van der Waals surface area contributed by atoms with E-state index >= 15 is 0 Å². The monoisotopic (exact) mass is 230 g/mol. The lowest BCUT2D eigenvalue weighted by Gasteiger charge is -2.39. The van der Waals surface area contributed by atoms with Crippen molar-refractivity contribution in [2.75, 3.05) is 0 Å². The van der Waals surface area contributed by atoms with Gasteiger partial charge in [-0.2, -0.15) is 0 Å². The first-order valence-corrected chi connectivity index (χ1v) is 6.31. The molecule has 3 heteroatoms. The number of rotatable bonds is 3. The van der Waals surface area contributed by atoms with E-state index in [1.807, 2.05) is 6.07 Å². The van der Waals surface area contributed by atoms with E-state index in [-0.39, 0.29) is 5.91 Å². The molecule has 0 saturated heterocycles. The van der Waals surface area contributed by atoms with Gasteiger partial charge >= 0.3 is 0 Å². The Hall–Kier alpha value is -1.35. The molecular formula is C14H18N2O. The SMILES string of the molecule is CC1(NCc2ccc3c(c2)C(=O)NC3)CCC1. The van der Waals surface area contributed by atoms with Gasteiger partial charge in [-0.3, -0.25) is 4.79 Å². The van der Waals surface area contributed by atoms with Crippen LogP contribution in [0, 0.1) is 0 Å². The predicted octanol–water partition coefficient (Wildman–Crippen LogP) is 1.96. The average molecular weight is 230 g/mol. The summed E-state index contributed by atoms with van der Waals surface area (Å²) in [6, 6.07) is 6.20. The molecule has 17 heavy (non-hydrogen) atoms. The van der Waals surface area contributed by atoms with Crippen LogP contribution in [-0.2, 0) is 13.1 Å². The lowest BCUT2D eigenvalue weighted by Crippen LogP contribution is -2.47. The molecule has 90 valence electrons. The van der Waals surface area contributed by atoms with Crippen LogP contribution in [0.4, 0.5) is 0 Å². The Labute approximate surface area is 102 Å². The van der Waals surface area contributed by atoms with Gasteiger partial charge in [-0.15, -0.1) is 0 Å². The van der Waals surface area contributed by atoms with Gasteiger partial charge in [-0.05, 0) is 43.4 Å². The molecule has 1 heterocycles. The number of hydrogen-bond donors (Lipinski definition) is 2. The standard InChI is InChI=1S/C14H18N2O/c1-14(5-2-6-14)16-8-10-3-4-11-9-15-13(17)12(11)7-10/h3-4,7,16H,2,5-6,8-9H2,1H3,(H,15,17). The smallest absolute Gasteiger partial charge is 0.251 e. The van der Waals surface area contributed by atoms with Gasteiger partial charge in [0.1, 0.15) is 0 Å². The van der Waals surface area contributed by atoms with Crippen molar-refractivity contribution in [2.45, 2.75) is 44.8 Å². The Bertz CT molecular complexity index is 463. The van der Waals surface area contributed by atoms with Crippen molar-refractivity contribution >= 4 is 5.91 Å². The van der Waals surface area contributed by atoms with Gasteiger partial charge in [0.2, 0.25) is 0 Å². The van der Waals surface area contributed by atoms with Crippen LogP contribution in [0.15, 0.2) is 18.2 Å². The van der Waals surface area contributed by atoms with Crippen molar-refractivity contribution in [2.24, 2.45) is 0 Å². The molecule has 1 saturated carbocycles. The molecule has 0 radical (unpaired) electrons. The third-order valence-electron chi connectivity index (χ3n) is 4.03. The summed E-state index contributed by atoms with van der Waals surface area (Å²) in [5.41, 5.74) is 3.49. The summed E-state index contributed by atoms with van der Waals surface area (Å²) in [5.74, 6) is 0.0664. The molecule has 1 amide bonds. The highest BCUT2D eigenvalue weighted by Crippen LogP contribution is 2.31. The second-order valence-electron chi connectivity index (χ2n) is 5.44. The van der Waals surface area contributed by atoms with Crippen LogP contribution in [0.1, 0.15) is 47.7 Å². The van der Waals surface area contributed by atoms with Crippen LogP contribution in [0.25, 0.3) is 0 Å². The molecule has 1 aromatic carbocycles. The summed E-state index contributed by atoms with van der Waals surface area (Å²) in [7, 11) is 0. The first-order chi connectivity index (χ1) is 8.16. The minimum atomic E-state index is 0.0664. The van der Waals surface area contributed by atoms with Crippen LogP contribution in [0.3, 0.4) is 0 Å². The maximum Gasteiger partial charge on any atom is 0.251 e. The van der Waals surface area contributed by atoms with E-state index in [1.165, 1.54) is 24.8 Å². The summed E-state index contributed by atoms with van der Waals surface area (Å²) in [6.07, 6.45) is 3.85. The number of carbonyl (C=O) groups is 1. The fourth-order valence-electron chi connectivity index (χ4n) is 2.57. The minimum absolute atomic E-state index is 0.0664. The fourth-order valence-corrected chi connectivity index (χ4v) is 2.57. The van der Waals surface area contributed by atoms with Crippen LogP contribution in [0.5, 0.6) is 0 Å². The lowest BCUT2D eigenvalue weighted by atomic mass is 9.78. The molecular weight excluding hydrogens is 212 g/mol. The molecule has 1 aliphatic heterocycles. The molecule has 1 fully saturated rings. The zero-order chi connectivity index (χ0) is 11.9. The molecule has 0 aromatic heterocycles. The van der Waals surface area contributed by atoms with Crippen molar-refractivity contribution in [3.63, 3.8) is 0 Å². The van der Waals surface area contributed by atoms with E-state index in [0.29, 0.717) is 12.1 Å². The number of fused-ring (bicyclic) bond motifs is 1. The van der Waals surface area contributed by atoms with E-state index < -0.39 is 0 Å². The van der Waals surface area contributed by atoms with Gasteiger partial charge in [-0.25, -0.2) is 0 Å². The molecule has 0 spiro atoms. The summed E-state index contributed by atoms with van der Waals surface area (Å²) < 4.78 is 0. The molecule has 2 aliphatic rings. The highest BCUT2D eigenvalue weighted by Gasteiger charge is 2.30. The molecule has 1 aliphatic carbocycles. The van der Waals surface area contributed by atoms with Crippen LogP contribution < -0.4 is 10.6 Å². The molecule has 2 N–H and O–H groups in total. The van der Waals surface area contributed by atoms with Gasteiger partial charge in [0.25, 0.3) is 5.91 Å². The van der Waals surface area contributed by atoms with Gasteiger partial charge in [0.05, 0.1) is 0 Å². The first-order valence-electron chi connectivity index (χ1n) is 6.31. The van der Waals surface area contributed by atoms with Crippen LogP contribution >= 0.6 is 0 Å². The Morgan fingerprint density at radius 3 is 2.94 bits per heavy atom. The number of amides is 1. The Kier molecular flexibility index (Phi) is 2.44. The highest BCUT2D eigenvalue weighted by molar-refractivity contribution is 5.98. The number of nitrogens with one attached hydrogen (secondary N) is 2. The zero-order valence-electron chi connectivity index (χ0n) is 10.2.